The summed E-state index contributed by atoms with van der Waals surface area (Å²) in [4.78, 5) is 21.7. The van der Waals surface area contributed by atoms with E-state index in [2.05, 4.69) is 0 Å². The maximum absolute atomic E-state index is 10.8. The second kappa shape index (κ2) is 9.39. The van der Waals surface area contributed by atoms with E-state index in [1.807, 2.05) is 0 Å². The largest absolute Gasteiger partial charge is 0.513 e. The van der Waals surface area contributed by atoms with Gasteiger partial charge in [0.2, 0.25) is 11.6 Å². The molecule has 107 valence electrons. The molecule has 2 aliphatic carbocycles. The molecular weight excluding hydrogens is 416 g/mol. The Balaban J connectivity index is 0. The molecule has 0 heterocycles. The minimum atomic E-state index is -0.688. The SMILES string of the molecule is CCO.CCO.O=C1C(=O)C12CC=C(O)CC2.[Ir]. The van der Waals surface area contributed by atoms with Gasteiger partial charge in [-0.05, 0) is 32.8 Å². The molecule has 0 aromatic carbocycles. The number of carbonyl (C=O) groups is 2. The van der Waals surface area contributed by atoms with E-state index in [0.717, 1.165) is 0 Å². The minimum Gasteiger partial charge on any atom is -0.513 e. The van der Waals surface area contributed by atoms with Gasteiger partial charge in [0.1, 0.15) is 5.41 Å². The summed E-state index contributed by atoms with van der Waals surface area (Å²) in [6, 6.07) is 0. The maximum Gasteiger partial charge on any atom is 0.213 e. The standard InChI is InChI=1S/C8H8O3.2C2H6O.Ir/c9-5-1-3-8(4-2-5)6(10)7(8)11;2*1-2-3;/h1,9H,2-4H2;2*3H,2H2,1H3;. The monoisotopic (exact) mass is 437 g/mol. The molecule has 1 fully saturated rings. The van der Waals surface area contributed by atoms with Crippen molar-refractivity contribution < 1.29 is 45.0 Å². The van der Waals surface area contributed by atoms with Crippen LogP contribution in [0.25, 0.3) is 0 Å². The summed E-state index contributed by atoms with van der Waals surface area (Å²) in [6.07, 6.45) is 2.97. The second-order valence-corrected chi connectivity index (χ2v) is 3.77. The molecule has 0 aliphatic heterocycles. The zero-order valence-corrected chi connectivity index (χ0v) is 13.0. The van der Waals surface area contributed by atoms with Crippen molar-refractivity contribution in [1.82, 2.24) is 0 Å². The van der Waals surface area contributed by atoms with Gasteiger partial charge in [-0.25, -0.2) is 0 Å². The van der Waals surface area contributed by atoms with Crippen LogP contribution in [0.15, 0.2) is 11.8 Å². The van der Waals surface area contributed by atoms with E-state index >= 15 is 0 Å². The number of Topliss-reactive ketones (excluding diaryl/α,β-unsaturated/α-hetero) is 2. The van der Waals surface area contributed by atoms with Gasteiger partial charge >= 0.3 is 0 Å². The number of rotatable bonds is 0. The first-order valence-electron chi connectivity index (χ1n) is 5.69. The summed E-state index contributed by atoms with van der Waals surface area (Å²) in [5.74, 6) is -0.189. The first-order valence-corrected chi connectivity index (χ1v) is 5.69. The molecule has 0 atom stereocenters. The van der Waals surface area contributed by atoms with Crippen molar-refractivity contribution in [3.05, 3.63) is 11.8 Å². The normalized spacial score (nSPS) is 18.6. The number of allylic oxidation sites excluding steroid dienone is 2. The molecule has 6 heteroatoms. The molecule has 0 saturated heterocycles. The number of aliphatic hydroxyl groups excluding tert-OH is 3. The van der Waals surface area contributed by atoms with Crippen LogP contribution < -0.4 is 0 Å². The van der Waals surface area contributed by atoms with Crippen molar-refractivity contribution in [2.24, 2.45) is 5.41 Å². The van der Waals surface area contributed by atoms with Crippen LogP contribution in [-0.4, -0.2) is 40.1 Å². The molecule has 2 aliphatic rings. The van der Waals surface area contributed by atoms with Crippen molar-refractivity contribution in [2.45, 2.75) is 33.1 Å². The van der Waals surface area contributed by atoms with Crippen LogP contribution in [-0.2, 0) is 29.7 Å². The van der Waals surface area contributed by atoms with Crippen LogP contribution in [0.5, 0.6) is 0 Å². The molecule has 0 unspecified atom stereocenters. The Morgan fingerprint density at radius 2 is 1.56 bits per heavy atom. The minimum absolute atomic E-state index is 0. The quantitative estimate of drug-likeness (QED) is 0.385. The Morgan fingerprint density at radius 1 is 1.17 bits per heavy atom. The fourth-order valence-corrected chi connectivity index (χ4v) is 1.55. The van der Waals surface area contributed by atoms with E-state index in [0.29, 0.717) is 25.0 Å². The van der Waals surface area contributed by atoms with Crippen molar-refractivity contribution >= 4 is 11.6 Å². The summed E-state index contributed by atoms with van der Waals surface area (Å²) >= 11 is 0. The van der Waals surface area contributed by atoms with Gasteiger partial charge < -0.3 is 15.3 Å². The van der Waals surface area contributed by atoms with Crippen molar-refractivity contribution in [1.29, 1.82) is 0 Å². The van der Waals surface area contributed by atoms with Crippen LogP contribution in [0.2, 0.25) is 0 Å². The van der Waals surface area contributed by atoms with Gasteiger partial charge in [-0.2, -0.15) is 0 Å². The molecular formula is C12H20IrO5. The average molecular weight is 437 g/mol. The summed E-state index contributed by atoms with van der Waals surface area (Å²) < 4.78 is 0. The number of hydrogen-bond acceptors (Lipinski definition) is 5. The molecule has 1 spiro atoms. The zero-order valence-electron chi connectivity index (χ0n) is 10.6. The Labute approximate surface area is 120 Å². The third kappa shape index (κ3) is 4.98. The molecule has 0 amide bonds. The summed E-state index contributed by atoms with van der Waals surface area (Å²) in [5, 5.41) is 24.1. The van der Waals surface area contributed by atoms with Crippen LogP contribution >= 0.6 is 0 Å². The summed E-state index contributed by atoms with van der Waals surface area (Å²) in [5.41, 5.74) is -0.688. The molecule has 18 heavy (non-hydrogen) atoms. The molecule has 5 nitrogen and oxygen atoms in total. The predicted molar refractivity (Wildman–Crippen MR) is 62.5 cm³/mol. The first-order chi connectivity index (χ1) is 7.99. The fourth-order valence-electron chi connectivity index (χ4n) is 1.55. The maximum atomic E-state index is 10.8. The van der Waals surface area contributed by atoms with Crippen molar-refractivity contribution in [3.63, 3.8) is 0 Å². The van der Waals surface area contributed by atoms with E-state index in [9.17, 15) is 9.59 Å². The van der Waals surface area contributed by atoms with E-state index in [-0.39, 0.29) is 44.9 Å². The number of hydrogen-bond donors (Lipinski definition) is 3. The van der Waals surface area contributed by atoms with Gasteiger partial charge in [-0.3, -0.25) is 9.59 Å². The molecule has 0 aromatic rings. The third-order valence-corrected chi connectivity index (χ3v) is 2.51. The number of ketones is 2. The number of carbonyl (C=O) groups excluding carboxylic acids is 2. The van der Waals surface area contributed by atoms with Crippen LogP contribution in [0, 0.1) is 5.41 Å². The molecule has 1 saturated carbocycles. The second-order valence-electron chi connectivity index (χ2n) is 3.77. The Bertz CT molecular complexity index is 296. The van der Waals surface area contributed by atoms with Gasteiger partial charge in [0.25, 0.3) is 0 Å². The Hall–Kier alpha value is -0.551. The first kappa shape index (κ1) is 19.8. The van der Waals surface area contributed by atoms with E-state index in [1.165, 1.54) is 0 Å². The van der Waals surface area contributed by atoms with E-state index in [1.54, 1.807) is 19.9 Å². The molecule has 0 aromatic heterocycles. The zero-order chi connectivity index (χ0) is 13.5. The van der Waals surface area contributed by atoms with Crippen molar-refractivity contribution in [3.8, 4) is 0 Å². The van der Waals surface area contributed by atoms with Crippen LogP contribution in [0.4, 0.5) is 0 Å². The molecule has 1 radical (unpaired) electrons. The Morgan fingerprint density at radius 3 is 1.78 bits per heavy atom. The van der Waals surface area contributed by atoms with Crippen LogP contribution in [0.1, 0.15) is 33.1 Å². The smallest absolute Gasteiger partial charge is 0.213 e. The van der Waals surface area contributed by atoms with E-state index < -0.39 is 5.41 Å². The van der Waals surface area contributed by atoms with Gasteiger partial charge in [-0.1, -0.05) is 0 Å². The molecule has 3 N–H and O–H groups in total. The third-order valence-electron chi connectivity index (χ3n) is 2.51. The van der Waals surface area contributed by atoms with Gasteiger partial charge in [0.15, 0.2) is 0 Å². The van der Waals surface area contributed by atoms with Crippen molar-refractivity contribution in [2.75, 3.05) is 13.2 Å². The van der Waals surface area contributed by atoms with Gasteiger partial charge in [0.05, 0.1) is 5.76 Å². The topological polar surface area (TPSA) is 94.8 Å². The molecule has 0 bridgehead atoms. The predicted octanol–water partition coefficient (Wildman–Crippen LogP) is 0.745. The average Bonchev–Trinajstić information content (AvgIpc) is 2.78. The summed E-state index contributed by atoms with van der Waals surface area (Å²) in [6.45, 7) is 3.86. The Kier molecular flexibility index (Phi) is 10.3. The molecule has 2 rings (SSSR count). The number of aliphatic hydroxyl groups is 3. The van der Waals surface area contributed by atoms with Crippen LogP contribution in [0.3, 0.4) is 0 Å². The fraction of sp³-hybridized carbons (Fsp3) is 0.667. The van der Waals surface area contributed by atoms with Gasteiger partial charge in [-0.15, -0.1) is 0 Å². The van der Waals surface area contributed by atoms with Gasteiger partial charge in [0, 0.05) is 39.7 Å². The van der Waals surface area contributed by atoms with E-state index in [4.69, 9.17) is 15.3 Å². The summed E-state index contributed by atoms with van der Waals surface area (Å²) in [7, 11) is 0.